The predicted octanol–water partition coefficient (Wildman–Crippen LogP) is 2.10. The molecular weight excluding hydrogens is 306 g/mol. The highest BCUT2D eigenvalue weighted by Crippen LogP contribution is 2.28. The number of nitrogens with zero attached hydrogens (tertiary/aromatic N) is 2. The molecule has 1 unspecified atom stereocenters. The van der Waals surface area contributed by atoms with Gasteiger partial charge in [-0.15, -0.1) is 0 Å². The van der Waals surface area contributed by atoms with Crippen molar-refractivity contribution < 1.29 is 14.3 Å². The average molecular weight is 329 g/mol. The molecule has 1 aromatic heterocycles. The second-order valence-corrected chi connectivity index (χ2v) is 5.91. The zero-order chi connectivity index (χ0) is 16.8. The van der Waals surface area contributed by atoms with Gasteiger partial charge in [-0.05, 0) is 37.0 Å². The highest BCUT2D eigenvalue weighted by Gasteiger charge is 2.25. The number of carbonyl (C=O) groups excluding carboxylic acids is 1. The van der Waals surface area contributed by atoms with Gasteiger partial charge in [0.05, 0.1) is 24.9 Å². The smallest absolute Gasteiger partial charge is 0.258 e. The molecule has 0 saturated heterocycles. The van der Waals surface area contributed by atoms with Crippen molar-refractivity contribution in [1.29, 1.82) is 0 Å². The van der Waals surface area contributed by atoms with E-state index in [9.17, 15) is 4.79 Å². The Morgan fingerprint density at radius 1 is 1.38 bits per heavy atom. The lowest BCUT2D eigenvalue weighted by molar-refractivity contribution is -0.124. The number of fused-ring (bicyclic) bond motifs is 1. The third-order valence-corrected chi connectivity index (χ3v) is 4.11. The fourth-order valence-electron chi connectivity index (χ4n) is 2.94. The Bertz CT molecular complexity index is 669. The summed E-state index contributed by atoms with van der Waals surface area (Å²) in [5.41, 5.74) is 2.19. The molecule has 1 atom stereocenters. The molecule has 0 saturated carbocycles. The second kappa shape index (κ2) is 7.97. The summed E-state index contributed by atoms with van der Waals surface area (Å²) in [7, 11) is 1.68. The molecule has 1 heterocycles. The Labute approximate surface area is 141 Å². The van der Waals surface area contributed by atoms with Crippen LogP contribution < -0.4 is 10.1 Å². The summed E-state index contributed by atoms with van der Waals surface area (Å²) in [6, 6.07) is 9.31. The van der Waals surface area contributed by atoms with E-state index in [0.29, 0.717) is 12.4 Å². The normalized spacial score (nSPS) is 16.5. The van der Waals surface area contributed by atoms with Crippen LogP contribution in [-0.4, -0.2) is 36.0 Å². The molecule has 2 aromatic rings. The van der Waals surface area contributed by atoms with Crippen LogP contribution >= 0.6 is 0 Å². The van der Waals surface area contributed by atoms with Crippen LogP contribution in [0.25, 0.3) is 0 Å². The fraction of sp³-hybridized carbons (Fsp3) is 0.444. The third-order valence-electron chi connectivity index (χ3n) is 4.11. The number of aryl methyl sites for hydroxylation is 1. The van der Waals surface area contributed by atoms with Crippen LogP contribution in [0.2, 0.25) is 0 Å². The van der Waals surface area contributed by atoms with Gasteiger partial charge in [-0.3, -0.25) is 9.48 Å². The fourth-order valence-corrected chi connectivity index (χ4v) is 2.94. The van der Waals surface area contributed by atoms with E-state index in [1.807, 2.05) is 35.0 Å². The number of amides is 1. The first kappa shape index (κ1) is 16.5. The zero-order valence-corrected chi connectivity index (χ0v) is 13.9. The van der Waals surface area contributed by atoms with Gasteiger partial charge in [0, 0.05) is 13.3 Å². The number of carbonyl (C=O) groups is 1. The molecule has 0 spiro atoms. The minimum atomic E-state index is -0.122. The van der Waals surface area contributed by atoms with Crippen molar-refractivity contribution in [2.24, 2.45) is 0 Å². The van der Waals surface area contributed by atoms with Crippen LogP contribution in [0.3, 0.4) is 0 Å². The van der Waals surface area contributed by atoms with Crippen LogP contribution in [0.4, 0.5) is 0 Å². The standard InChI is InChI=1S/C18H23N3O3/c1-23-11-10-21-12-14-6-5-9-16(18(14)20-21)19-17(22)13-24-15-7-3-2-4-8-15/h2-4,7-8,12,16H,5-6,9-11,13H2,1H3,(H,19,22). The molecule has 1 amide bonds. The zero-order valence-electron chi connectivity index (χ0n) is 13.9. The van der Waals surface area contributed by atoms with Crippen LogP contribution in [0.1, 0.15) is 30.1 Å². The molecular formula is C18H23N3O3. The van der Waals surface area contributed by atoms with Crippen molar-refractivity contribution in [2.45, 2.75) is 31.8 Å². The van der Waals surface area contributed by atoms with Crippen LogP contribution in [0.5, 0.6) is 5.75 Å². The van der Waals surface area contributed by atoms with Crippen molar-refractivity contribution in [3.63, 3.8) is 0 Å². The van der Waals surface area contributed by atoms with Gasteiger partial charge in [-0.1, -0.05) is 18.2 Å². The quantitative estimate of drug-likeness (QED) is 0.845. The van der Waals surface area contributed by atoms with Gasteiger partial charge in [0.25, 0.3) is 5.91 Å². The minimum absolute atomic E-state index is 0.0141. The Morgan fingerprint density at radius 2 is 2.21 bits per heavy atom. The number of nitrogens with one attached hydrogen (secondary N) is 1. The van der Waals surface area contributed by atoms with Gasteiger partial charge in [-0.25, -0.2) is 0 Å². The van der Waals surface area contributed by atoms with Gasteiger partial charge in [0.2, 0.25) is 0 Å². The van der Waals surface area contributed by atoms with Gasteiger partial charge in [0.15, 0.2) is 6.61 Å². The molecule has 1 N–H and O–H groups in total. The number of rotatable bonds is 7. The summed E-state index contributed by atoms with van der Waals surface area (Å²) in [6.07, 6.45) is 5.03. The highest BCUT2D eigenvalue weighted by atomic mass is 16.5. The van der Waals surface area contributed by atoms with Crippen molar-refractivity contribution in [3.8, 4) is 5.75 Å². The summed E-state index contributed by atoms with van der Waals surface area (Å²) >= 11 is 0. The summed E-state index contributed by atoms with van der Waals surface area (Å²) < 4.78 is 12.5. The number of benzene rings is 1. The first-order valence-electron chi connectivity index (χ1n) is 8.28. The molecule has 3 rings (SSSR count). The lowest BCUT2D eigenvalue weighted by Crippen LogP contribution is -2.34. The number of methoxy groups -OCH3 is 1. The summed E-state index contributed by atoms with van der Waals surface area (Å²) in [6.45, 7) is 1.37. The second-order valence-electron chi connectivity index (χ2n) is 5.91. The molecule has 1 aromatic carbocycles. The van der Waals surface area contributed by atoms with E-state index in [2.05, 4.69) is 16.6 Å². The van der Waals surface area contributed by atoms with Crippen molar-refractivity contribution in [1.82, 2.24) is 15.1 Å². The number of para-hydroxylation sites is 1. The van der Waals surface area contributed by atoms with Crippen LogP contribution in [-0.2, 0) is 22.5 Å². The molecule has 24 heavy (non-hydrogen) atoms. The monoisotopic (exact) mass is 329 g/mol. The number of aromatic nitrogens is 2. The lowest BCUT2D eigenvalue weighted by Gasteiger charge is -2.22. The minimum Gasteiger partial charge on any atom is -0.484 e. The Kier molecular flexibility index (Phi) is 5.48. The molecule has 128 valence electrons. The topological polar surface area (TPSA) is 65.4 Å². The third kappa shape index (κ3) is 4.14. The molecule has 1 aliphatic carbocycles. The number of hydrogen-bond acceptors (Lipinski definition) is 4. The molecule has 6 nitrogen and oxygen atoms in total. The number of ether oxygens (including phenoxy) is 2. The first-order chi connectivity index (χ1) is 11.8. The van der Waals surface area contributed by atoms with E-state index in [-0.39, 0.29) is 18.6 Å². The SMILES string of the molecule is COCCn1cc2c(n1)C(NC(=O)COc1ccccc1)CCC2. The van der Waals surface area contributed by atoms with Crippen LogP contribution in [0, 0.1) is 0 Å². The Hall–Kier alpha value is -2.34. The van der Waals surface area contributed by atoms with Gasteiger partial charge in [0.1, 0.15) is 5.75 Å². The number of hydrogen-bond donors (Lipinski definition) is 1. The maximum atomic E-state index is 12.2. The highest BCUT2D eigenvalue weighted by molar-refractivity contribution is 5.78. The summed E-state index contributed by atoms with van der Waals surface area (Å²) in [4.78, 5) is 12.2. The van der Waals surface area contributed by atoms with Gasteiger partial charge < -0.3 is 14.8 Å². The van der Waals surface area contributed by atoms with E-state index in [0.717, 1.165) is 31.5 Å². The molecule has 0 fully saturated rings. The van der Waals surface area contributed by atoms with Crippen molar-refractivity contribution in [3.05, 3.63) is 47.8 Å². The molecule has 0 radical (unpaired) electrons. The average Bonchev–Trinajstić information content (AvgIpc) is 3.03. The van der Waals surface area contributed by atoms with E-state index in [1.165, 1.54) is 5.56 Å². The molecule has 0 bridgehead atoms. The van der Waals surface area contributed by atoms with Crippen molar-refractivity contribution >= 4 is 5.91 Å². The van der Waals surface area contributed by atoms with E-state index in [1.54, 1.807) is 7.11 Å². The largest absolute Gasteiger partial charge is 0.484 e. The molecule has 1 aliphatic rings. The van der Waals surface area contributed by atoms with Gasteiger partial charge >= 0.3 is 0 Å². The Morgan fingerprint density at radius 3 is 3.00 bits per heavy atom. The molecule has 0 aliphatic heterocycles. The lowest BCUT2D eigenvalue weighted by atomic mass is 9.94. The maximum Gasteiger partial charge on any atom is 0.258 e. The maximum absolute atomic E-state index is 12.2. The predicted molar refractivity (Wildman–Crippen MR) is 89.9 cm³/mol. The molecule has 6 heteroatoms. The van der Waals surface area contributed by atoms with E-state index < -0.39 is 0 Å². The van der Waals surface area contributed by atoms with Crippen molar-refractivity contribution in [2.75, 3.05) is 20.3 Å². The summed E-state index contributed by atoms with van der Waals surface area (Å²) in [5, 5.41) is 7.67. The van der Waals surface area contributed by atoms with Crippen LogP contribution in [0.15, 0.2) is 36.5 Å². The first-order valence-corrected chi connectivity index (χ1v) is 8.28. The van der Waals surface area contributed by atoms with E-state index >= 15 is 0 Å². The Balaban J connectivity index is 1.58. The summed E-state index contributed by atoms with van der Waals surface area (Å²) in [5.74, 6) is 0.573. The van der Waals surface area contributed by atoms with Gasteiger partial charge in [-0.2, -0.15) is 5.10 Å². The van der Waals surface area contributed by atoms with E-state index in [4.69, 9.17) is 9.47 Å².